The van der Waals surface area contributed by atoms with Gasteiger partial charge in [-0.05, 0) is 26.0 Å². The van der Waals surface area contributed by atoms with Crippen LogP contribution < -0.4 is 5.32 Å². The lowest BCUT2D eigenvalue weighted by Crippen LogP contribution is -2.46. The lowest BCUT2D eigenvalue weighted by molar-refractivity contribution is -0.155. The summed E-state index contributed by atoms with van der Waals surface area (Å²) in [4.78, 5) is 22.8. The second-order valence-electron chi connectivity index (χ2n) is 5.03. The van der Waals surface area contributed by atoms with Crippen LogP contribution in [0, 0.1) is 6.92 Å². The predicted octanol–water partition coefficient (Wildman–Crippen LogP) is 0.141. The zero-order valence-electron chi connectivity index (χ0n) is 12.1. The monoisotopic (exact) mass is 304 g/mol. The van der Waals surface area contributed by atoms with Crippen molar-refractivity contribution < 1.29 is 19.8 Å². The number of aromatic nitrogens is 3. The van der Waals surface area contributed by atoms with E-state index >= 15 is 0 Å². The molecular formula is C14H16N4O4. The molecule has 1 aromatic carbocycles. The molecule has 0 bridgehead atoms. The predicted molar refractivity (Wildman–Crippen MR) is 76.7 cm³/mol. The number of para-hydroxylation sites is 1. The molecule has 0 saturated carbocycles. The van der Waals surface area contributed by atoms with E-state index in [1.54, 1.807) is 6.92 Å². The van der Waals surface area contributed by atoms with Crippen molar-refractivity contribution in [3.8, 4) is 5.69 Å². The molecule has 1 heterocycles. The third-order valence-corrected chi connectivity index (χ3v) is 3.16. The van der Waals surface area contributed by atoms with E-state index in [4.69, 9.17) is 5.11 Å². The fourth-order valence-corrected chi connectivity index (χ4v) is 1.77. The topological polar surface area (TPSA) is 117 Å². The Morgan fingerprint density at radius 3 is 2.55 bits per heavy atom. The first-order valence-corrected chi connectivity index (χ1v) is 6.54. The summed E-state index contributed by atoms with van der Waals surface area (Å²) in [5.74, 6) is -2.02. The Balaban J connectivity index is 2.16. The highest BCUT2D eigenvalue weighted by atomic mass is 16.4. The van der Waals surface area contributed by atoms with Gasteiger partial charge in [0.15, 0.2) is 11.3 Å². The third kappa shape index (κ3) is 3.12. The van der Waals surface area contributed by atoms with E-state index in [1.165, 1.54) is 4.68 Å². The highest BCUT2D eigenvalue weighted by Crippen LogP contribution is 2.12. The van der Waals surface area contributed by atoms with Crippen LogP contribution in [0.15, 0.2) is 30.3 Å². The first kappa shape index (κ1) is 15.6. The van der Waals surface area contributed by atoms with E-state index in [1.807, 2.05) is 30.3 Å². The summed E-state index contributed by atoms with van der Waals surface area (Å²) in [5.41, 5.74) is -0.702. The molecule has 8 nitrogen and oxygen atoms in total. The van der Waals surface area contributed by atoms with Gasteiger partial charge in [-0.2, -0.15) is 0 Å². The quantitative estimate of drug-likeness (QED) is 0.723. The van der Waals surface area contributed by atoms with E-state index in [2.05, 4.69) is 15.6 Å². The molecule has 1 unspecified atom stereocenters. The van der Waals surface area contributed by atoms with Crippen molar-refractivity contribution in [1.29, 1.82) is 0 Å². The largest absolute Gasteiger partial charge is 0.479 e. The normalized spacial score (nSPS) is 13.4. The summed E-state index contributed by atoms with van der Waals surface area (Å²) in [6.45, 7) is 2.35. The fraction of sp³-hybridized carbons (Fsp3) is 0.286. The van der Waals surface area contributed by atoms with E-state index in [9.17, 15) is 14.7 Å². The molecule has 0 spiro atoms. The molecular weight excluding hydrogens is 288 g/mol. The van der Waals surface area contributed by atoms with Crippen molar-refractivity contribution in [3.63, 3.8) is 0 Å². The standard InChI is InChI=1S/C14H16N4O4/c1-9-11(12(19)15-8-14(2,22)13(20)21)16-17-18(9)10-6-4-3-5-7-10/h3-7,22H,8H2,1-2H3,(H,15,19)(H,20,21). The minimum absolute atomic E-state index is 0.0741. The Kier molecular flexibility index (Phi) is 4.22. The van der Waals surface area contributed by atoms with Crippen LogP contribution in [-0.2, 0) is 4.79 Å². The molecule has 0 aliphatic heterocycles. The van der Waals surface area contributed by atoms with Crippen LogP contribution in [0.3, 0.4) is 0 Å². The highest BCUT2D eigenvalue weighted by molar-refractivity contribution is 5.93. The van der Waals surface area contributed by atoms with Crippen molar-refractivity contribution in [1.82, 2.24) is 20.3 Å². The molecule has 22 heavy (non-hydrogen) atoms. The van der Waals surface area contributed by atoms with Gasteiger partial charge < -0.3 is 15.5 Å². The number of hydrogen-bond donors (Lipinski definition) is 3. The van der Waals surface area contributed by atoms with Gasteiger partial charge in [0.1, 0.15) is 0 Å². The summed E-state index contributed by atoms with van der Waals surface area (Å²) < 4.78 is 1.50. The Morgan fingerprint density at radius 1 is 1.32 bits per heavy atom. The van der Waals surface area contributed by atoms with Gasteiger partial charge in [-0.3, -0.25) is 4.79 Å². The Morgan fingerprint density at radius 2 is 1.95 bits per heavy atom. The molecule has 2 rings (SSSR count). The van der Waals surface area contributed by atoms with Crippen molar-refractivity contribution in [2.24, 2.45) is 0 Å². The first-order chi connectivity index (χ1) is 10.3. The van der Waals surface area contributed by atoms with E-state index in [-0.39, 0.29) is 5.69 Å². The van der Waals surface area contributed by atoms with Gasteiger partial charge in [0.05, 0.1) is 17.9 Å². The molecule has 0 saturated heterocycles. The van der Waals surface area contributed by atoms with Crippen molar-refractivity contribution >= 4 is 11.9 Å². The number of rotatable bonds is 5. The third-order valence-electron chi connectivity index (χ3n) is 3.16. The number of hydrogen-bond acceptors (Lipinski definition) is 5. The van der Waals surface area contributed by atoms with Crippen molar-refractivity contribution in [2.75, 3.05) is 6.54 Å². The molecule has 0 fully saturated rings. The molecule has 1 aromatic heterocycles. The van der Waals surface area contributed by atoms with Crippen LogP contribution in [0.4, 0.5) is 0 Å². The number of nitrogens with zero attached hydrogens (tertiary/aromatic N) is 3. The lowest BCUT2D eigenvalue weighted by atomic mass is 10.1. The average Bonchev–Trinajstić information content (AvgIpc) is 2.87. The minimum atomic E-state index is -2.04. The number of carboxylic acids is 1. The van der Waals surface area contributed by atoms with Gasteiger partial charge in [-0.15, -0.1) is 5.10 Å². The summed E-state index contributed by atoms with van der Waals surface area (Å²) in [6.07, 6.45) is 0. The summed E-state index contributed by atoms with van der Waals surface area (Å²) in [5, 5.41) is 28.4. The van der Waals surface area contributed by atoms with Gasteiger partial charge in [0.25, 0.3) is 5.91 Å². The number of amides is 1. The molecule has 1 atom stereocenters. The maximum atomic E-state index is 12.0. The van der Waals surface area contributed by atoms with Crippen LogP contribution in [0.2, 0.25) is 0 Å². The number of carbonyl (C=O) groups is 2. The summed E-state index contributed by atoms with van der Waals surface area (Å²) in [7, 11) is 0. The number of aliphatic carboxylic acids is 1. The lowest BCUT2D eigenvalue weighted by Gasteiger charge is -2.17. The molecule has 2 aromatic rings. The van der Waals surface area contributed by atoms with Gasteiger partial charge in [-0.25, -0.2) is 9.48 Å². The smallest absolute Gasteiger partial charge is 0.337 e. The second-order valence-corrected chi connectivity index (χ2v) is 5.03. The van der Waals surface area contributed by atoms with Gasteiger partial charge in [0.2, 0.25) is 0 Å². The summed E-state index contributed by atoms with van der Waals surface area (Å²) in [6, 6.07) is 9.16. The SMILES string of the molecule is Cc1c(C(=O)NCC(C)(O)C(=O)O)nnn1-c1ccccc1. The molecule has 8 heteroatoms. The molecule has 1 amide bonds. The van der Waals surface area contributed by atoms with Gasteiger partial charge in [-0.1, -0.05) is 23.4 Å². The highest BCUT2D eigenvalue weighted by Gasteiger charge is 2.31. The Bertz CT molecular complexity index is 694. The molecule has 116 valence electrons. The van der Waals surface area contributed by atoms with E-state index < -0.39 is 24.0 Å². The van der Waals surface area contributed by atoms with Crippen LogP contribution in [0.5, 0.6) is 0 Å². The fourth-order valence-electron chi connectivity index (χ4n) is 1.77. The average molecular weight is 304 g/mol. The minimum Gasteiger partial charge on any atom is -0.479 e. The number of aliphatic hydroxyl groups is 1. The van der Waals surface area contributed by atoms with Gasteiger partial charge >= 0.3 is 5.97 Å². The Hall–Kier alpha value is -2.74. The van der Waals surface area contributed by atoms with Crippen molar-refractivity contribution in [2.45, 2.75) is 19.4 Å². The van der Waals surface area contributed by atoms with Crippen molar-refractivity contribution in [3.05, 3.63) is 41.7 Å². The molecule has 0 radical (unpaired) electrons. The maximum absolute atomic E-state index is 12.0. The Labute approximate surface area is 126 Å². The van der Waals surface area contributed by atoms with Crippen LogP contribution in [-0.4, -0.2) is 49.2 Å². The van der Waals surface area contributed by atoms with Crippen LogP contribution >= 0.6 is 0 Å². The molecule has 3 N–H and O–H groups in total. The summed E-state index contributed by atoms with van der Waals surface area (Å²) >= 11 is 0. The number of nitrogens with one attached hydrogen (secondary N) is 1. The number of carboxylic acid groups (broad SMARTS) is 1. The van der Waals surface area contributed by atoms with Crippen LogP contribution in [0.1, 0.15) is 23.1 Å². The number of benzene rings is 1. The maximum Gasteiger partial charge on any atom is 0.337 e. The molecule has 0 aliphatic rings. The van der Waals surface area contributed by atoms with Gasteiger partial charge in [0, 0.05) is 0 Å². The number of carbonyl (C=O) groups excluding carboxylic acids is 1. The zero-order valence-corrected chi connectivity index (χ0v) is 12.1. The molecule has 0 aliphatic carbocycles. The van der Waals surface area contributed by atoms with E-state index in [0.29, 0.717) is 5.69 Å². The van der Waals surface area contributed by atoms with Crippen LogP contribution in [0.25, 0.3) is 5.69 Å². The van der Waals surface area contributed by atoms with E-state index in [0.717, 1.165) is 12.6 Å². The first-order valence-electron chi connectivity index (χ1n) is 6.54. The second kappa shape index (κ2) is 5.94. The zero-order chi connectivity index (χ0) is 16.3.